The lowest BCUT2D eigenvalue weighted by molar-refractivity contribution is 0.0522. The lowest BCUT2D eigenvalue weighted by Gasteiger charge is -2.18. The number of oxime groups is 1. The minimum atomic E-state index is -0.264. The van der Waals surface area contributed by atoms with Gasteiger partial charge in [-0.2, -0.15) is 0 Å². The van der Waals surface area contributed by atoms with Gasteiger partial charge in [-0.3, -0.25) is 0 Å². The molecular weight excluding hydrogens is 333 g/mol. The highest BCUT2D eigenvalue weighted by Crippen LogP contribution is 2.45. The molecule has 0 N–H and O–H groups in total. The highest BCUT2D eigenvalue weighted by Gasteiger charge is 2.45. The smallest absolute Gasteiger partial charge is 0.198 e. The second kappa shape index (κ2) is 5.15. The lowest BCUT2D eigenvalue weighted by atomic mass is 9.91. The fourth-order valence-corrected chi connectivity index (χ4v) is 3.82. The number of halogens is 2. The largest absolute Gasteiger partial charge is 0.479 e. The molecule has 3 nitrogen and oxygen atoms in total. The highest BCUT2D eigenvalue weighted by atomic mass is 35.5. The third kappa shape index (κ3) is 2.00. The monoisotopic (exact) mass is 347 g/mol. The molecule has 2 heterocycles. The first kappa shape index (κ1) is 14.9. The van der Waals surface area contributed by atoms with Crippen LogP contribution in [0, 0.1) is 20.8 Å². The first-order valence-corrected chi connectivity index (χ1v) is 8.20. The molecule has 2 aromatic carbocycles. The van der Waals surface area contributed by atoms with Crippen LogP contribution < -0.4 is 4.74 Å². The number of ether oxygens (including phenoxy) is 1. The van der Waals surface area contributed by atoms with Gasteiger partial charge in [0, 0.05) is 21.2 Å². The van der Waals surface area contributed by atoms with Crippen LogP contribution in [0.3, 0.4) is 0 Å². The molecule has 0 aromatic heterocycles. The summed E-state index contributed by atoms with van der Waals surface area (Å²) in [6, 6.07) is 7.88. The fourth-order valence-electron chi connectivity index (χ4n) is 3.39. The maximum absolute atomic E-state index is 6.45. The molecule has 0 bridgehead atoms. The summed E-state index contributed by atoms with van der Waals surface area (Å²) in [4.78, 5) is 5.67. The van der Waals surface area contributed by atoms with E-state index in [0.29, 0.717) is 10.0 Å². The van der Waals surface area contributed by atoms with Crippen molar-refractivity contribution in [2.45, 2.75) is 33.0 Å². The van der Waals surface area contributed by atoms with E-state index in [1.54, 1.807) is 0 Å². The Morgan fingerprint density at radius 3 is 2.26 bits per heavy atom. The van der Waals surface area contributed by atoms with Crippen LogP contribution in [0.1, 0.15) is 33.9 Å². The second-order valence-electron chi connectivity index (χ2n) is 5.96. The Labute approximate surface area is 144 Å². The van der Waals surface area contributed by atoms with Crippen LogP contribution in [0.5, 0.6) is 5.75 Å². The maximum atomic E-state index is 6.45. The van der Waals surface area contributed by atoms with Gasteiger partial charge in [0.1, 0.15) is 11.5 Å². The predicted octanol–water partition coefficient (Wildman–Crippen LogP) is 5.16. The summed E-state index contributed by atoms with van der Waals surface area (Å²) in [5.41, 5.74) is 5.49. The van der Waals surface area contributed by atoms with Crippen LogP contribution >= 0.6 is 23.2 Å². The maximum Gasteiger partial charge on any atom is 0.198 e. The van der Waals surface area contributed by atoms with Crippen molar-refractivity contribution in [3.8, 4) is 5.75 Å². The summed E-state index contributed by atoms with van der Waals surface area (Å²) in [7, 11) is 0. The van der Waals surface area contributed by atoms with Gasteiger partial charge in [0.2, 0.25) is 0 Å². The molecule has 2 aliphatic heterocycles. The van der Waals surface area contributed by atoms with Crippen molar-refractivity contribution < 1.29 is 9.57 Å². The zero-order valence-electron chi connectivity index (χ0n) is 13.0. The zero-order chi connectivity index (χ0) is 16.3. The van der Waals surface area contributed by atoms with Crippen molar-refractivity contribution in [3.05, 3.63) is 62.1 Å². The summed E-state index contributed by atoms with van der Waals surface area (Å²) in [5.74, 6) is 0.842. The van der Waals surface area contributed by atoms with Gasteiger partial charge in [0.05, 0.1) is 0 Å². The molecule has 2 atom stereocenters. The Hall–Kier alpha value is -1.71. The van der Waals surface area contributed by atoms with Crippen LogP contribution in [-0.4, -0.2) is 11.8 Å². The van der Waals surface area contributed by atoms with Gasteiger partial charge in [0.25, 0.3) is 0 Å². The fraction of sp³-hybridized carbons (Fsp3) is 0.278. The van der Waals surface area contributed by atoms with Crippen LogP contribution in [0.25, 0.3) is 0 Å². The van der Waals surface area contributed by atoms with E-state index in [4.69, 9.17) is 32.8 Å². The van der Waals surface area contributed by atoms with Gasteiger partial charge in [-0.25, -0.2) is 0 Å². The summed E-state index contributed by atoms with van der Waals surface area (Å²) in [6.07, 6.45) is -0.474. The first-order valence-electron chi connectivity index (χ1n) is 7.45. The third-order valence-electron chi connectivity index (χ3n) is 4.61. The molecule has 23 heavy (non-hydrogen) atoms. The van der Waals surface area contributed by atoms with E-state index in [1.165, 1.54) is 0 Å². The molecule has 0 saturated heterocycles. The average Bonchev–Trinajstić information content (AvgIpc) is 3.11. The number of rotatable bonds is 1. The van der Waals surface area contributed by atoms with Crippen LogP contribution in [-0.2, 0) is 4.84 Å². The molecule has 5 heteroatoms. The Bertz CT molecular complexity index is 831. The quantitative estimate of drug-likeness (QED) is 0.713. The topological polar surface area (TPSA) is 30.8 Å². The second-order valence-corrected chi connectivity index (χ2v) is 6.71. The Morgan fingerprint density at radius 2 is 1.57 bits per heavy atom. The molecule has 2 aliphatic rings. The molecule has 4 rings (SSSR count). The predicted molar refractivity (Wildman–Crippen MR) is 91.9 cm³/mol. The minimum Gasteiger partial charge on any atom is -0.479 e. The molecular formula is C18H15Cl2NO2. The van der Waals surface area contributed by atoms with E-state index in [-0.39, 0.29) is 12.2 Å². The van der Waals surface area contributed by atoms with Gasteiger partial charge in [-0.15, -0.1) is 0 Å². The first-order chi connectivity index (χ1) is 11.0. The van der Waals surface area contributed by atoms with Crippen molar-refractivity contribution in [3.63, 3.8) is 0 Å². The highest BCUT2D eigenvalue weighted by molar-refractivity contribution is 6.38. The normalized spacial score (nSPS) is 21.3. The van der Waals surface area contributed by atoms with Crippen molar-refractivity contribution in [1.29, 1.82) is 0 Å². The van der Waals surface area contributed by atoms with Crippen molar-refractivity contribution in [2.75, 3.05) is 0 Å². The number of benzene rings is 2. The molecule has 2 unspecified atom stereocenters. The minimum absolute atomic E-state index is 0.209. The average molecular weight is 348 g/mol. The van der Waals surface area contributed by atoms with Gasteiger partial charge in [0.15, 0.2) is 12.2 Å². The lowest BCUT2D eigenvalue weighted by Crippen LogP contribution is -2.27. The summed E-state index contributed by atoms with van der Waals surface area (Å²) < 4.78 is 6.08. The summed E-state index contributed by atoms with van der Waals surface area (Å²) in [6.45, 7) is 5.88. The Balaban J connectivity index is 1.83. The molecule has 0 amide bonds. The molecule has 0 aliphatic carbocycles. The van der Waals surface area contributed by atoms with E-state index in [0.717, 1.165) is 39.3 Å². The van der Waals surface area contributed by atoms with E-state index in [9.17, 15) is 0 Å². The number of fused-ring (bicyclic) bond motifs is 3. The molecule has 118 valence electrons. The number of para-hydroxylation sites is 1. The van der Waals surface area contributed by atoms with Crippen molar-refractivity contribution >= 4 is 28.9 Å². The van der Waals surface area contributed by atoms with Crippen molar-refractivity contribution in [1.82, 2.24) is 0 Å². The molecule has 0 radical (unpaired) electrons. The number of nitrogens with zero attached hydrogens (tertiary/aromatic N) is 1. The van der Waals surface area contributed by atoms with Crippen LogP contribution in [0.2, 0.25) is 10.0 Å². The van der Waals surface area contributed by atoms with Gasteiger partial charge < -0.3 is 9.57 Å². The van der Waals surface area contributed by atoms with Gasteiger partial charge in [-0.1, -0.05) is 46.6 Å². The summed E-state index contributed by atoms with van der Waals surface area (Å²) >= 11 is 12.9. The van der Waals surface area contributed by atoms with Crippen LogP contribution in [0.4, 0.5) is 0 Å². The third-order valence-corrected chi connectivity index (χ3v) is 5.75. The zero-order valence-corrected chi connectivity index (χ0v) is 14.5. The molecule has 0 spiro atoms. The standard InChI is InChI=1S/C18H15Cl2NO2/c1-8-13(9(2)15(20)10(3)14(8)19)16-18-17(23-21-16)11-6-4-5-7-12(11)22-18/h4-7,17-18H,1-3H3. The Morgan fingerprint density at radius 1 is 0.913 bits per heavy atom. The SMILES string of the molecule is Cc1c(Cl)c(C)c(C2=NOC3c4ccccc4OC23)c(C)c1Cl. The van der Waals surface area contributed by atoms with Gasteiger partial charge in [-0.05, 0) is 43.5 Å². The molecule has 0 saturated carbocycles. The number of hydrogen-bond donors (Lipinski definition) is 0. The molecule has 2 aromatic rings. The van der Waals surface area contributed by atoms with E-state index >= 15 is 0 Å². The molecule has 0 fully saturated rings. The van der Waals surface area contributed by atoms with E-state index in [1.807, 2.05) is 45.0 Å². The van der Waals surface area contributed by atoms with E-state index < -0.39 is 0 Å². The summed E-state index contributed by atoms with van der Waals surface area (Å²) in [5, 5.41) is 5.63. The van der Waals surface area contributed by atoms with Crippen molar-refractivity contribution in [2.24, 2.45) is 5.16 Å². The van der Waals surface area contributed by atoms with E-state index in [2.05, 4.69) is 5.16 Å². The van der Waals surface area contributed by atoms with Gasteiger partial charge >= 0.3 is 0 Å². The van der Waals surface area contributed by atoms with Crippen LogP contribution in [0.15, 0.2) is 29.4 Å². The number of hydrogen-bond acceptors (Lipinski definition) is 3. The Kier molecular flexibility index (Phi) is 3.33.